The number of pyridine rings is 1. The first-order valence-corrected chi connectivity index (χ1v) is 10.8. The summed E-state index contributed by atoms with van der Waals surface area (Å²) >= 11 is 5.74. The molecule has 0 unspecified atom stereocenters. The van der Waals surface area contributed by atoms with Crippen molar-refractivity contribution in [3.8, 4) is 5.75 Å². The molecule has 0 amide bonds. The first-order valence-electron chi connectivity index (χ1n) is 10.4. The van der Waals surface area contributed by atoms with Crippen LogP contribution in [0.15, 0.2) is 51.9 Å². The molecule has 0 aliphatic heterocycles. The van der Waals surface area contributed by atoms with Gasteiger partial charge in [0.25, 0.3) is 5.56 Å². The number of thiocarbonyl (C=S) groups is 1. The van der Waals surface area contributed by atoms with Crippen molar-refractivity contribution in [2.45, 2.75) is 51.2 Å². The van der Waals surface area contributed by atoms with Crippen LogP contribution in [-0.2, 0) is 13.1 Å². The van der Waals surface area contributed by atoms with Crippen molar-refractivity contribution in [1.29, 1.82) is 0 Å². The number of hydrogen-bond acceptors (Lipinski definition) is 4. The number of ether oxygens (including phenoxy) is 1. The number of aromatic nitrogens is 1. The summed E-state index contributed by atoms with van der Waals surface area (Å²) in [7, 11) is 1.62. The molecule has 1 aromatic carbocycles. The fourth-order valence-corrected chi connectivity index (χ4v) is 4.38. The molecule has 0 saturated heterocycles. The van der Waals surface area contributed by atoms with Gasteiger partial charge in [0, 0.05) is 17.7 Å². The lowest BCUT2D eigenvalue weighted by molar-refractivity contribution is 0.234. The number of hydrogen-bond donors (Lipinski definition) is 2. The smallest absolute Gasteiger partial charge is 0.253 e. The summed E-state index contributed by atoms with van der Waals surface area (Å²) in [5.41, 5.74) is 1.39. The molecule has 1 saturated carbocycles. The number of fused-ring (bicyclic) bond motifs is 1. The minimum absolute atomic E-state index is 0.0922. The van der Waals surface area contributed by atoms with E-state index >= 15 is 0 Å². The summed E-state index contributed by atoms with van der Waals surface area (Å²) in [6, 6.07) is 11.8. The molecule has 0 atom stereocenters. The van der Waals surface area contributed by atoms with Gasteiger partial charge in [-0.05, 0) is 60.8 Å². The van der Waals surface area contributed by atoms with E-state index < -0.39 is 0 Å². The highest BCUT2D eigenvalue weighted by Gasteiger charge is 2.24. The second-order valence-corrected chi connectivity index (χ2v) is 8.12. The lowest BCUT2D eigenvalue weighted by atomic mass is 9.94. The molecule has 0 bridgehead atoms. The molecule has 2 N–H and O–H groups in total. The van der Waals surface area contributed by atoms with Crippen LogP contribution in [0.1, 0.15) is 43.4 Å². The summed E-state index contributed by atoms with van der Waals surface area (Å²) in [4.78, 5) is 18.0. The predicted octanol–water partition coefficient (Wildman–Crippen LogP) is 4.34. The maximum atomic E-state index is 12.8. The number of benzene rings is 1. The van der Waals surface area contributed by atoms with Crippen LogP contribution in [0.5, 0.6) is 5.75 Å². The van der Waals surface area contributed by atoms with Crippen LogP contribution < -0.4 is 15.6 Å². The second kappa shape index (κ2) is 9.34. The van der Waals surface area contributed by atoms with Gasteiger partial charge in [-0.1, -0.05) is 19.3 Å². The molecule has 7 heteroatoms. The molecule has 0 spiro atoms. The highest BCUT2D eigenvalue weighted by Crippen LogP contribution is 2.25. The van der Waals surface area contributed by atoms with Gasteiger partial charge in [-0.15, -0.1) is 0 Å². The Balaban J connectivity index is 1.58. The van der Waals surface area contributed by atoms with Crippen LogP contribution in [-0.4, -0.2) is 28.1 Å². The largest absolute Gasteiger partial charge is 0.497 e. The summed E-state index contributed by atoms with van der Waals surface area (Å²) in [5.74, 6) is 1.55. The number of nitrogens with one attached hydrogen (secondary N) is 2. The quantitative estimate of drug-likeness (QED) is 0.573. The fourth-order valence-electron chi connectivity index (χ4n) is 4.09. The lowest BCUT2D eigenvalue weighted by Crippen LogP contribution is -2.46. The van der Waals surface area contributed by atoms with E-state index in [2.05, 4.69) is 15.2 Å². The Kier molecular flexibility index (Phi) is 6.38. The van der Waals surface area contributed by atoms with Crippen LogP contribution in [0, 0.1) is 0 Å². The molecule has 2 heterocycles. The van der Waals surface area contributed by atoms with Crippen molar-refractivity contribution in [2.24, 2.45) is 0 Å². The van der Waals surface area contributed by atoms with Crippen LogP contribution >= 0.6 is 12.2 Å². The number of methoxy groups -OCH3 is 1. The van der Waals surface area contributed by atoms with Gasteiger partial charge in [-0.25, -0.2) is 0 Å². The minimum Gasteiger partial charge on any atom is -0.497 e. The molecule has 2 aromatic heterocycles. The highest BCUT2D eigenvalue weighted by molar-refractivity contribution is 7.80. The van der Waals surface area contributed by atoms with Gasteiger partial charge >= 0.3 is 0 Å². The van der Waals surface area contributed by atoms with Crippen molar-refractivity contribution in [3.63, 3.8) is 0 Å². The van der Waals surface area contributed by atoms with Crippen LogP contribution in [0.2, 0.25) is 0 Å². The third-order valence-electron chi connectivity index (χ3n) is 5.74. The zero-order valence-corrected chi connectivity index (χ0v) is 18.0. The molecule has 0 radical (unpaired) electrons. The molecule has 1 aliphatic rings. The Hall–Kier alpha value is -2.80. The van der Waals surface area contributed by atoms with E-state index in [1.54, 1.807) is 13.4 Å². The Morgan fingerprint density at radius 1 is 1.27 bits per heavy atom. The number of rotatable bonds is 6. The molecule has 158 valence electrons. The van der Waals surface area contributed by atoms with Crippen molar-refractivity contribution >= 4 is 28.2 Å². The van der Waals surface area contributed by atoms with Crippen molar-refractivity contribution in [2.75, 3.05) is 7.11 Å². The number of H-pyrrole nitrogens is 1. The molecule has 6 nitrogen and oxygen atoms in total. The number of nitrogens with zero attached hydrogens (tertiary/aromatic N) is 1. The SMILES string of the molecule is COc1ccc2cc(CN(C(=S)NCc3ccco3)C3CCCCC3)c(=O)[nH]c2c1. The summed E-state index contributed by atoms with van der Waals surface area (Å²) in [5, 5.41) is 4.94. The Morgan fingerprint density at radius 3 is 2.83 bits per heavy atom. The molecule has 3 aromatic rings. The zero-order chi connectivity index (χ0) is 20.9. The summed E-state index contributed by atoms with van der Waals surface area (Å²) in [6.07, 6.45) is 7.47. The average molecular weight is 426 g/mol. The topological polar surface area (TPSA) is 70.5 Å². The second-order valence-electron chi connectivity index (χ2n) is 7.73. The Labute approximate surface area is 181 Å². The minimum atomic E-state index is -0.0922. The molecule has 1 fully saturated rings. The van der Waals surface area contributed by atoms with E-state index in [0.717, 1.165) is 35.3 Å². The van der Waals surface area contributed by atoms with Gasteiger partial charge in [-0.3, -0.25) is 4.79 Å². The van der Waals surface area contributed by atoms with E-state index in [9.17, 15) is 4.79 Å². The van der Waals surface area contributed by atoms with Crippen LogP contribution in [0.25, 0.3) is 10.9 Å². The molecular formula is C23H27N3O3S. The van der Waals surface area contributed by atoms with Gasteiger partial charge in [0.15, 0.2) is 5.11 Å². The normalized spacial score (nSPS) is 14.6. The monoisotopic (exact) mass is 425 g/mol. The van der Waals surface area contributed by atoms with E-state index in [4.69, 9.17) is 21.4 Å². The van der Waals surface area contributed by atoms with Gasteiger partial charge in [0.1, 0.15) is 11.5 Å². The first kappa shape index (κ1) is 20.5. The molecule has 4 rings (SSSR count). The van der Waals surface area contributed by atoms with E-state index in [1.165, 1.54) is 19.3 Å². The maximum Gasteiger partial charge on any atom is 0.253 e. The number of furan rings is 1. The van der Waals surface area contributed by atoms with E-state index in [-0.39, 0.29) is 5.56 Å². The van der Waals surface area contributed by atoms with E-state index in [0.29, 0.717) is 29.8 Å². The predicted molar refractivity (Wildman–Crippen MR) is 122 cm³/mol. The molecule has 30 heavy (non-hydrogen) atoms. The van der Waals surface area contributed by atoms with Gasteiger partial charge in [-0.2, -0.15) is 0 Å². The Bertz CT molecular complexity index is 1060. The number of aromatic amines is 1. The van der Waals surface area contributed by atoms with Crippen molar-refractivity contribution in [3.05, 3.63) is 64.3 Å². The molecule has 1 aliphatic carbocycles. The standard InChI is InChI=1S/C23H27N3O3S/c1-28-19-10-9-16-12-17(22(27)25-21(16)13-19)15-26(18-6-3-2-4-7-18)23(30)24-14-20-8-5-11-29-20/h5,8-13,18H,2-4,6-7,14-15H2,1H3,(H,24,30)(H,25,27). The van der Waals surface area contributed by atoms with Crippen LogP contribution in [0.3, 0.4) is 0 Å². The summed E-state index contributed by atoms with van der Waals surface area (Å²) in [6.45, 7) is 1.01. The van der Waals surface area contributed by atoms with Crippen molar-refractivity contribution < 1.29 is 9.15 Å². The van der Waals surface area contributed by atoms with Gasteiger partial charge < -0.3 is 24.4 Å². The summed E-state index contributed by atoms with van der Waals surface area (Å²) < 4.78 is 10.7. The van der Waals surface area contributed by atoms with Crippen molar-refractivity contribution in [1.82, 2.24) is 15.2 Å². The highest BCUT2D eigenvalue weighted by atomic mass is 32.1. The van der Waals surface area contributed by atoms with Gasteiger partial charge in [0.05, 0.1) is 32.0 Å². The third-order valence-corrected chi connectivity index (χ3v) is 6.12. The van der Waals surface area contributed by atoms with Gasteiger partial charge in [0.2, 0.25) is 0 Å². The average Bonchev–Trinajstić information content (AvgIpc) is 3.30. The zero-order valence-electron chi connectivity index (χ0n) is 17.1. The maximum absolute atomic E-state index is 12.8. The third kappa shape index (κ3) is 4.67. The lowest BCUT2D eigenvalue weighted by Gasteiger charge is -2.36. The Morgan fingerprint density at radius 2 is 2.10 bits per heavy atom. The van der Waals surface area contributed by atoms with Crippen LogP contribution in [0.4, 0.5) is 0 Å². The molecular weight excluding hydrogens is 398 g/mol. The van der Waals surface area contributed by atoms with E-state index in [1.807, 2.05) is 36.4 Å². The fraction of sp³-hybridized carbons (Fsp3) is 0.391. The first-order chi connectivity index (χ1) is 14.6.